The fourth-order valence-corrected chi connectivity index (χ4v) is 5.33. The van der Waals surface area contributed by atoms with E-state index in [4.69, 9.17) is 18.9 Å². The summed E-state index contributed by atoms with van der Waals surface area (Å²) in [6.45, 7) is 3.19. The van der Waals surface area contributed by atoms with Crippen LogP contribution < -0.4 is 0 Å². The summed E-state index contributed by atoms with van der Waals surface area (Å²) < 4.78 is 21.9. The van der Waals surface area contributed by atoms with Crippen molar-refractivity contribution in [2.75, 3.05) is 19.8 Å². The number of unbranched alkanes of at least 4 members (excludes halogenated alkanes) is 9. The summed E-state index contributed by atoms with van der Waals surface area (Å²) in [6, 6.07) is 0. The number of carbonyl (C=O) groups is 2. The van der Waals surface area contributed by atoms with Crippen LogP contribution in [0.3, 0.4) is 0 Å². The summed E-state index contributed by atoms with van der Waals surface area (Å²) in [5.74, 6) is -0.858. The van der Waals surface area contributed by atoms with E-state index in [0.717, 1.165) is 77.0 Å². The van der Waals surface area contributed by atoms with Gasteiger partial charge in [0.25, 0.3) is 0 Å². The summed E-state index contributed by atoms with van der Waals surface area (Å²) in [4.78, 5) is 25.0. The third kappa shape index (κ3) is 24.3. The number of rotatable bonds is 30. The minimum Gasteiger partial charge on any atom is -0.462 e. The fourth-order valence-electron chi connectivity index (χ4n) is 5.33. The Morgan fingerprint density at radius 2 is 1.16 bits per heavy atom. The molecule has 4 N–H and O–H groups in total. The minimum atomic E-state index is -1.60. The zero-order chi connectivity index (χ0) is 37.4. The molecule has 292 valence electrons. The van der Waals surface area contributed by atoms with E-state index < -0.39 is 55.4 Å². The molecular weight excluding hydrogens is 652 g/mol. The monoisotopic (exact) mass is 720 g/mol. The number of esters is 2. The van der Waals surface area contributed by atoms with Gasteiger partial charge in [-0.05, 0) is 57.8 Å². The molecule has 1 aliphatic heterocycles. The molecule has 1 saturated heterocycles. The molecule has 0 spiro atoms. The Morgan fingerprint density at radius 1 is 0.627 bits per heavy atom. The van der Waals surface area contributed by atoms with E-state index in [2.05, 4.69) is 74.6 Å². The van der Waals surface area contributed by atoms with Crippen molar-refractivity contribution in [3.8, 4) is 0 Å². The highest BCUT2D eigenvalue weighted by atomic mass is 16.7. The molecule has 1 fully saturated rings. The number of ether oxygens (including phenoxy) is 4. The maximum absolute atomic E-state index is 12.7. The standard InChI is InChI=1S/C41H68O10/c1-3-5-7-9-11-12-13-14-15-16-17-18-19-20-21-22-24-26-28-30-37(44)50-34(32-48-36(43)29-27-25-23-10-8-6-4-2)33-49-41-40(47)39(46)38(45)35(31-42)51-41/h5,7,11-12,14-15,17-18,20-21,34-35,38-42,45-47H,3-4,6,8-10,13,16,19,22-33H2,1-2H3/b7-5+,12-11+,15-14+,18-17+,21-20+/t34-,35+,38-,39?,40?,41+/m1/s1. The molecule has 0 aliphatic carbocycles. The third-order valence-corrected chi connectivity index (χ3v) is 8.42. The van der Waals surface area contributed by atoms with Crippen LogP contribution in [-0.4, -0.2) is 89.0 Å². The topological polar surface area (TPSA) is 152 Å². The van der Waals surface area contributed by atoms with Gasteiger partial charge in [0.1, 0.15) is 31.0 Å². The normalized spacial score (nSPS) is 21.9. The first kappa shape index (κ1) is 46.4. The maximum atomic E-state index is 12.7. The zero-order valence-electron chi connectivity index (χ0n) is 31.3. The van der Waals surface area contributed by atoms with Crippen LogP contribution in [0.4, 0.5) is 0 Å². The van der Waals surface area contributed by atoms with Crippen LogP contribution in [-0.2, 0) is 28.5 Å². The summed E-state index contributed by atoms with van der Waals surface area (Å²) in [7, 11) is 0. The zero-order valence-corrected chi connectivity index (χ0v) is 31.3. The number of aliphatic hydroxyl groups excluding tert-OH is 4. The van der Waals surface area contributed by atoms with Crippen LogP contribution in [0, 0.1) is 0 Å². The van der Waals surface area contributed by atoms with Gasteiger partial charge < -0.3 is 39.4 Å². The lowest BCUT2D eigenvalue weighted by Crippen LogP contribution is -2.59. The lowest BCUT2D eigenvalue weighted by Gasteiger charge is -2.39. The molecular formula is C41H68O10. The molecule has 0 aromatic carbocycles. The van der Waals surface area contributed by atoms with Crippen LogP contribution in [0.1, 0.15) is 129 Å². The number of hydrogen-bond acceptors (Lipinski definition) is 10. The molecule has 1 rings (SSSR count). The molecule has 10 heteroatoms. The van der Waals surface area contributed by atoms with Crippen LogP contribution in [0.5, 0.6) is 0 Å². The summed E-state index contributed by atoms with van der Waals surface area (Å²) in [6.07, 6.45) is 29.7. The van der Waals surface area contributed by atoms with Gasteiger partial charge in [0, 0.05) is 12.8 Å². The molecule has 0 aromatic rings. The lowest BCUT2D eigenvalue weighted by molar-refractivity contribution is -0.305. The van der Waals surface area contributed by atoms with Gasteiger partial charge in [-0.2, -0.15) is 0 Å². The number of hydrogen-bond donors (Lipinski definition) is 4. The Bertz CT molecular complexity index is 1020. The Morgan fingerprint density at radius 3 is 1.75 bits per heavy atom. The first-order valence-electron chi connectivity index (χ1n) is 19.4. The van der Waals surface area contributed by atoms with E-state index in [-0.39, 0.29) is 26.1 Å². The number of aliphatic hydroxyl groups is 4. The maximum Gasteiger partial charge on any atom is 0.306 e. The van der Waals surface area contributed by atoms with Gasteiger partial charge in [-0.25, -0.2) is 0 Å². The van der Waals surface area contributed by atoms with Crippen molar-refractivity contribution in [1.82, 2.24) is 0 Å². The van der Waals surface area contributed by atoms with Crippen molar-refractivity contribution >= 4 is 11.9 Å². The van der Waals surface area contributed by atoms with Gasteiger partial charge in [-0.15, -0.1) is 0 Å². The smallest absolute Gasteiger partial charge is 0.306 e. The quantitative estimate of drug-likeness (QED) is 0.0344. The second kappa shape index (κ2) is 32.1. The van der Waals surface area contributed by atoms with Gasteiger partial charge in [0.2, 0.25) is 0 Å². The molecule has 2 unspecified atom stereocenters. The van der Waals surface area contributed by atoms with Crippen molar-refractivity contribution in [3.05, 3.63) is 60.8 Å². The van der Waals surface area contributed by atoms with Crippen LogP contribution in [0.25, 0.3) is 0 Å². The van der Waals surface area contributed by atoms with E-state index >= 15 is 0 Å². The first-order chi connectivity index (χ1) is 24.8. The lowest BCUT2D eigenvalue weighted by atomic mass is 9.99. The van der Waals surface area contributed by atoms with Gasteiger partial charge >= 0.3 is 11.9 Å². The van der Waals surface area contributed by atoms with Gasteiger partial charge in [-0.3, -0.25) is 9.59 Å². The summed E-state index contributed by atoms with van der Waals surface area (Å²) in [5, 5.41) is 39.8. The van der Waals surface area contributed by atoms with Crippen molar-refractivity contribution in [3.63, 3.8) is 0 Å². The first-order valence-corrected chi connectivity index (χ1v) is 19.4. The van der Waals surface area contributed by atoms with E-state index in [1.54, 1.807) is 0 Å². The van der Waals surface area contributed by atoms with Crippen LogP contribution >= 0.6 is 0 Å². The molecule has 0 aromatic heterocycles. The van der Waals surface area contributed by atoms with E-state index in [0.29, 0.717) is 6.42 Å². The van der Waals surface area contributed by atoms with Crippen LogP contribution in [0.15, 0.2) is 60.8 Å². The predicted octanol–water partition coefficient (Wildman–Crippen LogP) is 7.10. The molecule has 0 amide bonds. The average Bonchev–Trinajstić information content (AvgIpc) is 3.13. The molecule has 10 nitrogen and oxygen atoms in total. The Labute approximate surface area is 307 Å². The van der Waals surface area contributed by atoms with Crippen LogP contribution in [0.2, 0.25) is 0 Å². The Hall–Kier alpha value is -2.60. The molecule has 0 radical (unpaired) electrons. The van der Waals surface area contributed by atoms with E-state index in [9.17, 15) is 30.0 Å². The Balaban J connectivity index is 2.39. The van der Waals surface area contributed by atoms with Crippen molar-refractivity contribution < 1.29 is 49.0 Å². The Kier molecular flexibility index (Phi) is 29.2. The molecule has 0 bridgehead atoms. The molecule has 0 saturated carbocycles. The van der Waals surface area contributed by atoms with Gasteiger partial charge in [-0.1, -0.05) is 120 Å². The van der Waals surface area contributed by atoms with Gasteiger partial charge in [0.05, 0.1) is 13.2 Å². The fraction of sp³-hybridized carbons (Fsp3) is 0.707. The van der Waals surface area contributed by atoms with E-state index in [1.165, 1.54) is 19.3 Å². The van der Waals surface area contributed by atoms with Crippen molar-refractivity contribution in [2.24, 2.45) is 0 Å². The largest absolute Gasteiger partial charge is 0.462 e. The third-order valence-electron chi connectivity index (χ3n) is 8.42. The van der Waals surface area contributed by atoms with E-state index in [1.807, 2.05) is 0 Å². The molecule has 1 heterocycles. The van der Waals surface area contributed by atoms with Gasteiger partial charge in [0.15, 0.2) is 12.4 Å². The number of allylic oxidation sites excluding steroid dienone is 10. The second-order valence-corrected chi connectivity index (χ2v) is 13.0. The molecule has 6 atom stereocenters. The highest BCUT2D eigenvalue weighted by molar-refractivity contribution is 5.70. The summed E-state index contributed by atoms with van der Waals surface area (Å²) >= 11 is 0. The minimum absolute atomic E-state index is 0.189. The number of carbonyl (C=O) groups excluding carboxylic acids is 2. The predicted molar refractivity (Wildman–Crippen MR) is 201 cm³/mol. The molecule has 1 aliphatic rings. The highest BCUT2D eigenvalue weighted by Crippen LogP contribution is 2.22. The molecule has 51 heavy (non-hydrogen) atoms. The van der Waals surface area contributed by atoms with Crippen molar-refractivity contribution in [1.29, 1.82) is 0 Å². The average molecular weight is 721 g/mol. The second-order valence-electron chi connectivity index (χ2n) is 13.0. The summed E-state index contributed by atoms with van der Waals surface area (Å²) in [5.41, 5.74) is 0. The highest BCUT2D eigenvalue weighted by Gasteiger charge is 2.44. The SMILES string of the molecule is CC/C=C/C/C=C/C/C=C/C/C=C/C/C=C/CCCCCC(=O)O[C@H](COC(=O)CCCCCCCCC)CO[C@H]1O[C@@H](CO)[C@@H](O)C(O)C1O. The van der Waals surface area contributed by atoms with Crippen molar-refractivity contribution in [2.45, 2.75) is 166 Å².